The van der Waals surface area contributed by atoms with Crippen LogP contribution in [-0.2, 0) is 9.53 Å². The van der Waals surface area contributed by atoms with Gasteiger partial charge in [-0.1, -0.05) is 13.3 Å². The number of carbonyl (C=O) groups excluding carboxylic acids is 1. The molecular formula is C13H20N2O2. The summed E-state index contributed by atoms with van der Waals surface area (Å²) in [5.41, 5.74) is 6.97. The predicted molar refractivity (Wildman–Crippen MR) is 69.8 cm³/mol. The van der Waals surface area contributed by atoms with E-state index in [0.717, 1.165) is 18.5 Å². The summed E-state index contributed by atoms with van der Waals surface area (Å²) in [6, 6.07) is 7.04. The van der Waals surface area contributed by atoms with Gasteiger partial charge in [0.15, 0.2) is 0 Å². The van der Waals surface area contributed by atoms with Crippen LogP contribution in [0.4, 0.5) is 11.4 Å². The Labute approximate surface area is 102 Å². The van der Waals surface area contributed by atoms with Crippen LogP contribution >= 0.6 is 0 Å². The minimum atomic E-state index is -0.431. The van der Waals surface area contributed by atoms with E-state index in [-0.39, 0.29) is 5.91 Å². The van der Waals surface area contributed by atoms with Crippen molar-refractivity contribution in [1.82, 2.24) is 0 Å². The smallest absolute Gasteiger partial charge is 0.253 e. The van der Waals surface area contributed by atoms with Crippen LogP contribution in [0.3, 0.4) is 0 Å². The van der Waals surface area contributed by atoms with Crippen molar-refractivity contribution in [2.45, 2.75) is 32.8 Å². The summed E-state index contributed by atoms with van der Waals surface area (Å²) in [6.07, 6.45) is 1.60. The summed E-state index contributed by atoms with van der Waals surface area (Å²) >= 11 is 0. The fourth-order valence-electron chi connectivity index (χ4n) is 1.29. The molecule has 0 aliphatic rings. The summed E-state index contributed by atoms with van der Waals surface area (Å²) in [6.45, 7) is 4.46. The highest BCUT2D eigenvalue weighted by Gasteiger charge is 2.12. The van der Waals surface area contributed by atoms with Gasteiger partial charge in [0.1, 0.15) is 6.10 Å². The van der Waals surface area contributed by atoms with Gasteiger partial charge in [0, 0.05) is 18.0 Å². The van der Waals surface area contributed by atoms with Crippen LogP contribution in [0.5, 0.6) is 0 Å². The zero-order chi connectivity index (χ0) is 12.7. The van der Waals surface area contributed by atoms with Crippen LogP contribution in [0.25, 0.3) is 0 Å². The Morgan fingerprint density at radius 3 is 2.65 bits per heavy atom. The minimum absolute atomic E-state index is 0.133. The van der Waals surface area contributed by atoms with Gasteiger partial charge in [-0.25, -0.2) is 0 Å². The topological polar surface area (TPSA) is 64.3 Å². The number of anilines is 2. The first-order valence-electron chi connectivity index (χ1n) is 5.91. The molecule has 1 amide bonds. The molecule has 0 radical (unpaired) electrons. The van der Waals surface area contributed by atoms with Crippen LogP contribution in [-0.4, -0.2) is 18.6 Å². The van der Waals surface area contributed by atoms with Gasteiger partial charge in [0.25, 0.3) is 5.91 Å². The number of amides is 1. The molecule has 1 aromatic carbocycles. The molecule has 4 nitrogen and oxygen atoms in total. The largest absolute Gasteiger partial charge is 0.399 e. The number of nitrogens with one attached hydrogen (secondary N) is 1. The molecule has 1 atom stereocenters. The fourth-order valence-corrected chi connectivity index (χ4v) is 1.29. The van der Waals surface area contributed by atoms with Gasteiger partial charge < -0.3 is 15.8 Å². The molecule has 0 aliphatic carbocycles. The van der Waals surface area contributed by atoms with Gasteiger partial charge in [0.05, 0.1) is 0 Å². The first kappa shape index (κ1) is 13.5. The average molecular weight is 236 g/mol. The number of benzene rings is 1. The lowest BCUT2D eigenvalue weighted by Crippen LogP contribution is -2.28. The van der Waals surface area contributed by atoms with E-state index >= 15 is 0 Å². The van der Waals surface area contributed by atoms with Gasteiger partial charge in [-0.3, -0.25) is 4.79 Å². The minimum Gasteiger partial charge on any atom is -0.399 e. The third-order valence-electron chi connectivity index (χ3n) is 2.41. The lowest BCUT2D eigenvalue weighted by Gasteiger charge is -2.13. The molecule has 0 bridgehead atoms. The Kier molecular flexibility index (Phi) is 5.49. The molecule has 1 unspecified atom stereocenters. The molecule has 4 heteroatoms. The number of ether oxygens (including phenoxy) is 1. The first-order chi connectivity index (χ1) is 8.13. The van der Waals surface area contributed by atoms with E-state index in [9.17, 15) is 4.79 Å². The number of nitrogens with two attached hydrogens (primary N) is 1. The Hall–Kier alpha value is -1.55. The van der Waals surface area contributed by atoms with Crippen LogP contribution in [0.1, 0.15) is 26.7 Å². The Morgan fingerprint density at radius 2 is 2.06 bits per heavy atom. The summed E-state index contributed by atoms with van der Waals surface area (Å²) in [4.78, 5) is 11.7. The highest BCUT2D eigenvalue weighted by molar-refractivity contribution is 5.93. The molecule has 1 rings (SSSR count). The predicted octanol–water partition coefficient (Wildman–Crippen LogP) is 2.41. The second-order valence-corrected chi connectivity index (χ2v) is 3.98. The molecule has 0 saturated carbocycles. The summed E-state index contributed by atoms with van der Waals surface area (Å²) < 4.78 is 5.40. The number of nitrogen functional groups attached to an aromatic ring is 1. The maximum Gasteiger partial charge on any atom is 0.253 e. The molecule has 0 saturated heterocycles. The summed E-state index contributed by atoms with van der Waals surface area (Å²) in [7, 11) is 0. The third-order valence-corrected chi connectivity index (χ3v) is 2.41. The van der Waals surface area contributed by atoms with Crippen molar-refractivity contribution in [3.8, 4) is 0 Å². The van der Waals surface area contributed by atoms with E-state index in [4.69, 9.17) is 10.5 Å². The van der Waals surface area contributed by atoms with Crippen molar-refractivity contribution >= 4 is 17.3 Å². The first-order valence-corrected chi connectivity index (χ1v) is 5.91. The lowest BCUT2D eigenvalue weighted by atomic mass is 10.2. The van der Waals surface area contributed by atoms with Gasteiger partial charge in [-0.05, 0) is 37.6 Å². The zero-order valence-electron chi connectivity index (χ0n) is 10.4. The Bertz CT molecular complexity index is 349. The van der Waals surface area contributed by atoms with E-state index in [1.807, 2.05) is 0 Å². The molecule has 0 heterocycles. The van der Waals surface area contributed by atoms with Crippen molar-refractivity contribution in [3.63, 3.8) is 0 Å². The molecule has 1 aromatic rings. The second kappa shape index (κ2) is 6.91. The van der Waals surface area contributed by atoms with Crippen molar-refractivity contribution in [2.75, 3.05) is 17.7 Å². The zero-order valence-corrected chi connectivity index (χ0v) is 10.4. The quantitative estimate of drug-likeness (QED) is 0.589. The van der Waals surface area contributed by atoms with Crippen LogP contribution in [0, 0.1) is 0 Å². The number of unbranched alkanes of at least 4 members (excludes halogenated alkanes) is 1. The number of carbonyl (C=O) groups is 1. The summed E-state index contributed by atoms with van der Waals surface area (Å²) in [5.74, 6) is -0.133. The molecule has 0 aliphatic heterocycles. The lowest BCUT2D eigenvalue weighted by molar-refractivity contribution is -0.126. The van der Waals surface area contributed by atoms with E-state index in [0.29, 0.717) is 12.3 Å². The van der Waals surface area contributed by atoms with E-state index in [1.165, 1.54) is 0 Å². The molecule has 0 spiro atoms. The van der Waals surface area contributed by atoms with Gasteiger partial charge in [0.2, 0.25) is 0 Å². The van der Waals surface area contributed by atoms with Crippen molar-refractivity contribution in [3.05, 3.63) is 24.3 Å². The number of rotatable bonds is 6. The van der Waals surface area contributed by atoms with Crippen LogP contribution in [0.15, 0.2) is 24.3 Å². The summed E-state index contributed by atoms with van der Waals surface area (Å²) in [5, 5.41) is 2.78. The van der Waals surface area contributed by atoms with Crippen LogP contribution in [0.2, 0.25) is 0 Å². The third kappa shape index (κ3) is 4.87. The maximum atomic E-state index is 11.7. The molecule has 17 heavy (non-hydrogen) atoms. The van der Waals surface area contributed by atoms with Crippen molar-refractivity contribution in [2.24, 2.45) is 0 Å². The normalized spacial score (nSPS) is 12.1. The van der Waals surface area contributed by atoms with Gasteiger partial charge >= 0.3 is 0 Å². The SMILES string of the molecule is CCCCOC(C)C(=O)Nc1ccc(N)cc1. The standard InChI is InChI=1S/C13H20N2O2/c1-3-4-9-17-10(2)13(16)15-12-7-5-11(14)6-8-12/h5-8,10H,3-4,9,14H2,1-2H3,(H,15,16). The monoisotopic (exact) mass is 236 g/mol. The van der Waals surface area contributed by atoms with Crippen molar-refractivity contribution < 1.29 is 9.53 Å². The molecule has 0 fully saturated rings. The highest BCUT2D eigenvalue weighted by Crippen LogP contribution is 2.11. The number of hydrogen-bond donors (Lipinski definition) is 2. The van der Waals surface area contributed by atoms with Gasteiger partial charge in [-0.15, -0.1) is 0 Å². The Morgan fingerprint density at radius 1 is 1.41 bits per heavy atom. The van der Waals surface area contributed by atoms with Crippen molar-refractivity contribution in [1.29, 1.82) is 0 Å². The average Bonchev–Trinajstić information content (AvgIpc) is 2.32. The maximum absolute atomic E-state index is 11.7. The fraction of sp³-hybridized carbons (Fsp3) is 0.462. The molecular weight excluding hydrogens is 216 g/mol. The number of hydrogen-bond acceptors (Lipinski definition) is 3. The van der Waals surface area contributed by atoms with E-state index in [1.54, 1.807) is 31.2 Å². The Balaban J connectivity index is 2.40. The molecule has 3 N–H and O–H groups in total. The second-order valence-electron chi connectivity index (χ2n) is 3.98. The van der Waals surface area contributed by atoms with Crippen LogP contribution < -0.4 is 11.1 Å². The van der Waals surface area contributed by atoms with E-state index in [2.05, 4.69) is 12.2 Å². The molecule has 0 aromatic heterocycles. The van der Waals surface area contributed by atoms with Gasteiger partial charge in [-0.2, -0.15) is 0 Å². The van der Waals surface area contributed by atoms with E-state index < -0.39 is 6.10 Å². The molecule has 94 valence electrons. The highest BCUT2D eigenvalue weighted by atomic mass is 16.5.